The van der Waals surface area contributed by atoms with E-state index in [0.29, 0.717) is 18.7 Å². The van der Waals surface area contributed by atoms with Crippen molar-refractivity contribution in [2.45, 2.75) is 32.9 Å². The normalized spacial score (nSPS) is 17.2. The summed E-state index contributed by atoms with van der Waals surface area (Å²) in [5.74, 6) is -0.0314. The first-order valence-electron chi connectivity index (χ1n) is 8.54. The molecule has 6 heteroatoms. The smallest absolute Gasteiger partial charge is 0.241 e. The predicted octanol–water partition coefficient (Wildman–Crippen LogP) is 3.33. The van der Waals surface area contributed by atoms with Crippen LogP contribution in [0.4, 0.5) is 11.4 Å². The maximum atomic E-state index is 13.1. The van der Waals surface area contributed by atoms with Crippen molar-refractivity contribution in [3.63, 3.8) is 0 Å². The van der Waals surface area contributed by atoms with Crippen LogP contribution in [-0.2, 0) is 16.1 Å². The molecule has 0 bridgehead atoms. The molecule has 1 aliphatic rings. The number of amides is 2. The van der Waals surface area contributed by atoms with E-state index in [9.17, 15) is 9.59 Å². The maximum Gasteiger partial charge on any atom is 0.241 e. The van der Waals surface area contributed by atoms with Crippen LogP contribution in [0.5, 0.6) is 0 Å². The van der Waals surface area contributed by atoms with Crippen molar-refractivity contribution in [2.24, 2.45) is 0 Å². The summed E-state index contributed by atoms with van der Waals surface area (Å²) in [5, 5.41) is 4.95. The minimum atomic E-state index is -0.170. The van der Waals surface area contributed by atoms with E-state index in [1.54, 1.807) is 16.2 Å². The lowest BCUT2D eigenvalue weighted by Crippen LogP contribution is -2.44. The number of thiophene rings is 1. The third-order valence-electron chi connectivity index (χ3n) is 4.39. The van der Waals surface area contributed by atoms with Gasteiger partial charge in [0, 0.05) is 23.9 Å². The highest BCUT2D eigenvalue weighted by Crippen LogP contribution is 2.31. The third-order valence-corrected chi connectivity index (χ3v) is 5.25. The van der Waals surface area contributed by atoms with Crippen LogP contribution in [0, 0.1) is 0 Å². The monoisotopic (exact) mass is 357 g/mol. The number of benzene rings is 1. The molecule has 0 unspecified atom stereocenters. The Labute approximate surface area is 152 Å². The van der Waals surface area contributed by atoms with Gasteiger partial charge in [0.15, 0.2) is 0 Å². The fourth-order valence-corrected chi connectivity index (χ4v) is 3.88. The number of rotatable bonds is 5. The number of fused-ring (bicyclic) bond motifs is 1. The highest BCUT2D eigenvalue weighted by atomic mass is 32.1. The van der Waals surface area contributed by atoms with Gasteiger partial charge in [-0.25, -0.2) is 0 Å². The van der Waals surface area contributed by atoms with Crippen molar-refractivity contribution in [2.75, 3.05) is 23.3 Å². The van der Waals surface area contributed by atoms with Gasteiger partial charge in [0.2, 0.25) is 11.8 Å². The van der Waals surface area contributed by atoms with E-state index >= 15 is 0 Å². The summed E-state index contributed by atoms with van der Waals surface area (Å²) < 4.78 is 0. The Kier molecular flexibility index (Phi) is 5.50. The molecule has 1 aliphatic heterocycles. The van der Waals surface area contributed by atoms with Gasteiger partial charge in [0.05, 0.1) is 17.9 Å². The van der Waals surface area contributed by atoms with E-state index in [1.165, 1.54) is 4.88 Å². The Morgan fingerprint density at radius 2 is 2.12 bits per heavy atom. The quantitative estimate of drug-likeness (QED) is 0.893. The summed E-state index contributed by atoms with van der Waals surface area (Å²) in [6.45, 7) is 5.88. The number of hydrogen-bond acceptors (Lipinski definition) is 4. The van der Waals surface area contributed by atoms with Gasteiger partial charge in [0.25, 0.3) is 0 Å². The van der Waals surface area contributed by atoms with Crippen LogP contribution in [0.2, 0.25) is 0 Å². The topological polar surface area (TPSA) is 52.7 Å². The number of nitrogens with one attached hydrogen (secondary N) is 1. The number of carbonyl (C=O) groups is 2. The summed E-state index contributed by atoms with van der Waals surface area (Å²) in [5.41, 5.74) is 1.48. The molecule has 0 radical (unpaired) electrons. The second kappa shape index (κ2) is 7.80. The first kappa shape index (κ1) is 17.6. The van der Waals surface area contributed by atoms with Gasteiger partial charge in [-0.05, 0) is 37.0 Å². The van der Waals surface area contributed by atoms with Crippen LogP contribution in [0.15, 0.2) is 41.8 Å². The van der Waals surface area contributed by atoms with Crippen LogP contribution < -0.4 is 10.2 Å². The SMILES string of the molecule is CCN(CC(=O)N1c2ccccc2NC(=O)C[C@@H]1C)Cc1cccs1. The van der Waals surface area contributed by atoms with Crippen molar-refractivity contribution in [1.29, 1.82) is 0 Å². The highest BCUT2D eigenvalue weighted by Gasteiger charge is 2.30. The number of likely N-dealkylation sites (N-methyl/N-ethyl adjacent to an activating group) is 1. The van der Waals surface area contributed by atoms with Gasteiger partial charge in [-0.2, -0.15) is 0 Å². The highest BCUT2D eigenvalue weighted by molar-refractivity contribution is 7.09. The van der Waals surface area contributed by atoms with E-state index < -0.39 is 0 Å². The molecule has 2 aromatic rings. The lowest BCUT2D eigenvalue weighted by Gasteiger charge is -2.30. The number of hydrogen-bond donors (Lipinski definition) is 1. The fraction of sp³-hybridized carbons (Fsp3) is 0.368. The standard InChI is InChI=1S/C19H23N3O2S/c1-3-21(12-15-7-6-10-25-15)13-19(24)22-14(2)11-18(23)20-16-8-4-5-9-17(16)22/h4-10,14H,3,11-13H2,1-2H3,(H,20,23)/t14-/m0/s1. The van der Waals surface area contributed by atoms with E-state index in [0.717, 1.165) is 18.8 Å². The Hall–Kier alpha value is -2.18. The maximum absolute atomic E-state index is 13.1. The number of para-hydroxylation sites is 2. The van der Waals surface area contributed by atoms with Gasteiger partial charge in [-0.15, -0.1) is 11.3 Å². The summed E-state index contributed by atoms with van der Waals surface area (Å²) in [7, 11) is 0. The van der Waals surface area contributed by atoms with Crippen LogP contribution in [0.3, 0.4) is 0 Å². The van der Waals surface area contributed by atoms with Gasteiger partial charge >= 0.3 is 0 Å². The zero-order valence-electron chi connectivity index (χ0n) is 14.6. The molecule has 1 N–H and O–H groups in total. The Balaban J connectivity index is 1.80. The Morgan fingerprint density at radius 1 is 1.32 bits per heavy atom. The minimum absolute atomic E-state index is 0.0230. The Morgan fingerprint density at radius 3 is 2.84 bits per heavy atom. The van der Waals surface area contributed by atoms with E-state index in [4.69, 9.17) is 0 Å². The van der Waals surface area contributed by atoms with Crippen LogP contribution >= 0.6 is 11.3 Å². The van der Waals surface area contributed by atoms with E-state index in [1.807, 2.05) is 37.3 Å². The molecule has 0 spiro atoms. The predicted molar refractivity (Wildman–Crippen MR) is 102 cm³/mol. The average molecular weight is 357 g/mol. The molecular formula is C19H23N3O2S. The van der Waals surface area contributed by atoms with Gasteiger partial charge < -0.3 is 10.2 Å². The average Bonchev–Trinajstić information content (AvgIpc) is 3.04. The van der Waals surface area contributed by atoms with Crippen LogP contribution in [-0.4, -0.2) is 35.8 Å². The van der Waals surface area contributed by atoms with Crippen molar-refractivity contribution < 1.29 is 9.59 Å². The van der Waals surface area contributed by atoms with E-state index in [2.05, 4.69) is 28.6 Å². The zero-order valence-corrected chi connectivity index (χ0v) is 15.4. The fourth-order valence-electron chi connectivity index (χ4n) is 3.14. The second-order valence-corrected chi connectivity index (χ2v) is 7.30. The lowest BCUT2D eigenvalue weighted by molar-refractivity contribution is -0.120. The van der Waals surface area contributed by atoms with Crippen molar-refractivity contribution in [3.8, 4) is 0 Å². The molecule has 0 saturated heterocycles. The number of nitrogens with zero attached hydrogens (tertiary/aromatic N) is 2. The molecule has 2 amide bonds. The molecule has 1 aromatic carbocycles. The van der Waals surface area contributed by atoms with E-state index in [-0.39, 0.29) is 17.9 Å². The van der Waals surface area contributed by atoms with Crippen LogP contribution in [0.1, 0.15) is 25.1 Å². The molecule has 2 heterocycles. The molecule has 25 heavy (non-hydrogen) atoms. The van der Waals surface area contributed by atoms with Gasteiger partial charge in [0.1, 0.15) is 0 Å². The summed E-state index contributed by atoms with van der Waals surface area (Å²) in [6.07, 6.45) is 0.303. The largest absolute Gasteiger partial charge is 0.324 e. The number of carbonyl (C=O) groups excluding carboxylic acids is 2. The lowest BCUT2D eigenvalue weighted by atomic mass is 10.1. The second-order valence-electron chi connectivity index (χ2n) is 6.26. The molecule has 1 atom stereocenters. The van der Waals surface area contributed by atoms with Crippen LogP contribution in [0.25, 0.3) is 0 Å². The molecule has 5 nitrogen and oxygen atoms in total. The first-order valence-corrected chi connectivity index (χ1v) is 9.42. The molecule has 0 aliphatic carbocycles. The van der Waals surface area contributed by atoms with Gasteiger partial charge in [-0.1, -0.05) is 25.1 Å². The zero-order chi connectivity index (χ0) is 17.8. The molecule has 132 valence electrons. The molecule has 0 saturated carbocycles. The summed E-state index contributed by atoms with van der Waals surface area (Å²) in [6, 6.07) is 11.4. The molecular weight excluding hydrogens is 334 g/mol. The summed E-state index contributed by atoms with van der Waals surface area (Å²) in [4.78, 5) is 30.3. The molecule has 3 rings (SSSR count). The number of anilines is 2. The van der Waals surface area contributed by atoms with Gasteiger partial charge in [-0.3, -0.25) is 14.5 Å². The summed E-state index contributed by atoms with van der Waals surface area (Å²) >= 11 is 1.70. The molecule has 0 fully saturated rings. The minimum Gasteiger partial charge on any atom is -0.324 e. The van der Waals surface area contributed by atoms with Crippen molar-refractivity contribution in [1.82, 2.24) is 4.90 Å². The Bertz CT molecular complexity index is 745. The first-order chi connectivity index (χ1) is 12.1. The van der Waals surface area contributed by atoms with Crippen molar-refractivity contribution >= 4 is 34.5 Å². The van der Waals surface area contributed by atoms with Crippen molar-refractivity contribution in [3.05, 3.63) is 46.7 Å². The molecule has 1 aromatic heterocycles. The third kappa shape index (κ3) is 4.08.